The molecule has 0 unspecified atom stereocenters. The van der Waals surface area contributed by atoms with Gasteiger partial charge in [-0.3, -0.25) is 4.79 Å². The van der Waals surface area contributed by atoms with Crippen molar-refractivity contribution in [1.82, 2.24) is 0 Å². The van der Waals surface area contributed by atoms with Crippen LogP contribution in [0.5, 0.6) is 5.75 Å². The first-order valence-electron chi connectivity index (χ1n) is 6.81. The van der Waals surface area contributed by atoms with Gasteiger partial charge in [0.15, 0.2) is 0 Å². The standard InChI is InChI=1S/C17H18ClNO2/c1-12-6-3-4-9-16(12)21-11-10-17(20)19-15-8-5-7-14(18)13(15)2/h3-9H,10-11H2,1-2H3,(H,19,20). The molecule has 21 heavy (non-hydrogen) atoms. The molecule has 110 valence electrons. The molecule has 2 rings (SSSR count). The van der Waals surface area contributed by atoms with Crippen LogP contribution < -0.4 is 10.1 Å². The van der Waals surface area contributed by atoms with Gasteiger partial charge in [-0.1, -0.05) is 35.9 Å². The van der Waals surface area contributed by atoms with Crippen LogP contribution in [0.4, 0.5) is 5.69 Å². The van der Waals surface area contributed by atoms with Crippen molar-refractivity contribution in [2.45, 2.75) is 20.3 Å². The van der Waals surface area contributed by atoms with E-state index in [1.807, 2.05) is 50.2 Å². The number of nitrogens with one attached hydrogen (secondary N) is 1. The van der Waals surface area contributed by atoms with E-state index >= 15 is 0 Å². The molecule has 0 aliphatic rings. The molecule has 0 atom stereocenters. The Hall–Kier alpha value is -2.00. The second-order valence-electron chi connectivity index (χ2n) is 4.82. The molecule has 0 bridgehead atoms. The maximum Gasteiger partial charge on any atom is 0.227 e. The van der Waals surface area contributed by atoms with E-state index in [-0.39, 0.29) is 5.91 Å². The lowest BCUT2D eigenvalue weighted by atomic mass is 10.2. The van der Waals surface area contributed by atoms with E-state index in [0.717, 1.165) is 22.6 Å². The van der Waals surface area contributed by atoms with E-state index in [4.69, 9.17) is 16.3 Å². The average molecular weight is 304 g/mol. The third-order valence-electron chi connectivity index (χ3n) is 3.22. The van der Waals surface area contributed by atoms with Crippen LogP contribution in [0.3, 0.4) is 0 Å². The van der Waals surface area contributed by atoms with Crippen molar-refractivity contribution in [1.29, 1.82) is 0 Å². The molecule has 2 aromatic rings. The highest BCUT2D eigenvalue weighted by Gasteiger charge is 2.07. The zero-order valence-electron chi connectivity index (χ0n) is 12.2. The molecular weight excluding hydrogens is 286 g/mol. The Bertz CT molecular complexity index is 640. The number of amides is 1. The van der Waals surface area contributed by atoms with E-state index in [1.165, 1.54) is 0 Å². The summed E-state index contributed by atoms with van der Waals surface area (Å²) in [6.45, 7) is 4.20. The van der Waals surface area contributed by atoms with Crippen LogP contribution in [0.1, 0.15) is 17.5 Å². The van der Waals surface area contributed by atoms with Gasteiger partial charge in [-0.25, -0.2) is 0 Å². The summed E-state index contributed by atoms with van der Waals surface area (Å²) in [4.78, 5) is 11.9. The van der Waals surface area contributed by atoms with Crippen molar-refractivity contribution in [3.05, 3.63) is 58.6 Å². The largest absolute Gasteiger partial charge is 0.493 e. The first-order valence-corrected chi connectivity index (χ1v) is 7.19. The van der Waals surface area contributed by atoms with Crippen LogP contribution in [0.15, 0.2) is 42.5 Å². The number of carbonyl (C=O) groups is 1. The fourth-order valence-electron chi connectivity index (χ4n) is 1.93. The van der Waals surface area contributed by atoms with Crippen molar-refractivity contribution in [3.8, 4) is 5.75 Å². The molecule has 3 nitrogen and oxygen atoms in total. The minimum Gasteiger partial charge on any atom is -0.493 e. The summed E-state index contributed by atoms with van der Waals surface area (Å²) in [6, 6.07) is 13.2. The van der Waals surface area contributed by atoms with Gasteiger partial charge in [0, 0.05) is 10.7 Å². The van der Waals surface area contributed by atoms with Crippen molar-refractivity contribution in [2.24, 2.45) is 0 Å². The summed E-state index contributed by atoms with van der Waals surface area (Å²) in [5.41, 5.74) is 2.67. The van der Waals surface area contributed by atoms with Crippen LogP contribution in [-0.4, -0.2) is 12.5 Å². The highest BCUT2D eigenvalue weighted by atomic mass is 35.5. The third-order valence-corrected chi connectivity index (χ3v) is 3.63. The fraction of sp³-hybridized carbons (Fsp3) is 0.235. The molecule has 1 amide bonds. The Morgan fingerprint density at radius 2 is 1.90 bits per heavy atom. The van der Waals surface area contributed by atoms with Crippen molar-refractivity contribution in [3.63, 3.8) is 0 Å². The van der Waals surface area contributed by atoms with E-state index < -0.39 is 0 Å². The Kier molecular flexibility index (Phi) is 5.23. The molecule has 0 saturated heterocycles. The van der Waals surface area contributed by atoms with Crippen LogP contribution in [0.25, 0.3) is 0 Å². The molecule has 0 radical (unpaired) electrons. The molecular formula is C17H18ClNO2. The van der Waals surface area contributed by atoms with E-state index in [1.54, 1.807) is 6.07 Å². The van der Waals surface area contributed by atoms with Crippen molar-refractivity contribution < 1.29 is 9.53 Å². The molecule has 0 heterocycles. The number of anilines is 1. The lowest BCUT2D eigenvalue weighted by molar-refractivity contribution is -0.116. The second kappa shape index (κ2) is 7.14. The van der Waals surface area contributed by atoms with Gasteiger partial charge in [0.2, 0.25) is 5.91 Å². The van der Waals surface area contributed by atoms with Gasteiger partial charge in [-0.15, -0.1) is 0 Å². The van der Waals surface area contributed by atoms with Gasteiger partial charge in [-0.05, 0) is 43.2 Å². The Balaban J connectivity index is 1.85. The molecule has 0 fully saturated rings. The number of rotatable bonds is 5. The monoisotopic (exact) mass is 303 g/mol. The number of benzene rings is 2. The molecule has 2 aromatic carbocycles. The van der Waals surface area contributed by atoms with E-state index in [0.29, 0.717) is 18.1 Å². The maximum absolute atomic E-state index is 11.9. The van der Waals surface area contributed by atoms with Gasteiger partial charge in [0.1, 0.15) is 5.75 Å². The van der Waals surface area contributed by atoms with Crippen LogP contribution >= 0.6 is 11.6 Å². The SMILES string of the molecule is Cc1ccccc1OCCC(=O)Nc1cccc(Cl)c1C. The number of ether oxygens (including phenoxy) is 1. The maximum atomic E-state index is 11.9. The predicted octanol–water partition coefficient (Wildman–Crippen LogP) is 4.36. The van der Waals surface area contributed by atoms with Crippen LogP contribution in [0.2, 0.25) is 5.02 Å². The molecule has 4 heteroatoms. The minimum absolute atomic E-state index is 0.0889. The highest BCUT2D eigenvalue weighted by Crippen LogP contribution is 2.23. The zero-order chi connectivity index (χ0) is 15.2. The lowest BCUT2D eigenvalue weighted by Crippen LogP contribution is -2.16. The van der Waals surface area contributed by atoms with Gasteiger partial charge < -0.3 is 10.1 Å². The predicted molar refractivity (Wildman–Crippen MR) is 86.1 cm³/mol. The summed E-state index contributed by atoms with van der Waals surface area (Å²) < 4.78 is 5.61. The number of para-hydroxylation sites is 1. The summed E-state index contributed by atoms with van der Waals surface area (Å²) in [5.74, 6) is 0.721. The molecule has 0 spiro atoms. The molecule has 0 aromatic heterocycles. The van der Waals surface area contributed by atoms with E-state index in [2.05, 4.69) is 5.32 Å². The zero-order valence-corrected chi connectivity index (χ0v) is 12.9. The first kappa shape index (κ1) is 15.4. The molecule has 0 aliphatic carbocycles. The molecule has 1 N–H and O–H groups in total. The number of carbonyl (C=O) groups excluding carboxylic acids is 1. The summed E-state index contributed by atoms with van der Waals surface area (Å²) in [6.07, 6.45) is 0.292. The smallest absolute Gasteiger partial charge is 0.227 e. The Labute approximate surface area is 129 Å². The number of hydrogen-bond acceptors (Lipinski definition) is 2. The van der Waals surface area contributed by atoms with Crippen LogP contribution in [0, 0.1) is 13.8 Å². The summed E-state index contributed by atoms with van der Waals surface area (Å²) >= 11 is 6.02. The van der Waals surface area contributed by atoms with E-state index in [9.17, 15) is 4.79 Å². The number of halogens is 1. The van der Waals surface area contributed by atoms with Crippen molar-refractivity contribution >= 4 is 23.2 Å². The van der Waals surface area contributed by atoms with Gasteiger partial charge in [-0.2, -0.15) is 0 Å². The Morgan fingerprint density at radius 1 is 1.14 bits per heavy atom. The minimum atomic E-state index is -0.0889. The molecule has 0 aliphatic heterocycles. The van der Waals surface area contributed by atoms with Crippen molar-refractivity contribution in [2.75, 3.05) is 11.9 Å². The fourth-order valence-corrected chi connectivity index (χ4v) is 2.10. The lowest BCUT2D eigenvalue weighted by Gasteiger charge is -2.11. The first-order chi connectivity index (χ1) is 10.1. The average Bonchev–Trinajstić information content (AvgIpc) is 2.46. The number of aryl methyl sites for hydroxylation is 1. The van der Waals surface area contributed by atoms with Crippen LogP contribution in [-0.2, 0) is 4.79 Å². The van der Waals surface area contributed by atoms with Gasteiger partial charge in [0.25, 0.3) is 0 Å². The highest BCUT2D eigenvalue weighted by molar-refractivity contribution is 6.31. The normalized spacial score (nSPS) is 10.2. The topological polar surface area (TPSA) is 38.3 Å². The summed E-state index contributed by atoms with van der Waals surface area (Å²) in [5, 5.41) is 3.49. The quantitative estimate of drug-likeness (QED) is 0.891. The number of hydrogen-bond donors (Lipinski definition) is 1. The Morgan fingerprint density at radius 3 is 2.67 bits per heavy atom. The third kappa shape index (κ3) is 4.23. The second-order valence-corrected chi connectivity index (χ2v) is 5.23. The molecule has 0 saturated carbocycles. The van der Waals surface area contributed by atoms with Gasteiger partial charge in [0.05, 0.1) is 13.0 Å². The summed E-state index contributed by atoms with van der Waals surface area (Å²) in [7, 11) is 0. The van der Waals surface area contributed by atoms with Gasteiger partial charge >= 0.3 is 0 Å².